The van der Waals surface area contributed by atoms with E-state index in [1.165, 1.54) is 0 Å². The van der Waals surface area contributed by atoms with E-state index in [4.69, 9.17) is 9.47 Å². The lowest BCUT2D eigenvalue weighted by Crippen LogP contribution is -2.59. The first-order valence-corrected chi connectivity index (χ1v) is 12.3. The zero-order valence-corrected chi connectivity index (χ0v) is 19.9. The van der Waals surface area contributed by atoms with Crippen LogP contribution in [0.15, 0.2) is 48.5 Å². The van der Waals surface area contributed by atoms with Crippen molar-refractivity contribution in [1.82, 2.24) is 19.8 Å². The highest BCUT2D eigenvalue weighted by atomic mass is 16.6. The largest absolute Gasteiger partial charge is 0.375 e. The summed E-state index contributed by atoms with van der Waals surface area (Å²) >= 11 is 0. The Morgan fingerprint density at radius 3 is 2.51 bits per heavy atom. The molecule has 0 aliphatic carbocycles. The van der Waals surface area contributed by atoms with Gasteiger partial charge in [-0.25, -0.2) is 0 Å². The Morgan fingerprint density at radius 1 is 1.06 bits per heavy atom. The average molecular weight is 467 g/mol. The van der Waals surface area contributed by atoms with Gasteiger partial charge in [0.05, 0.1) is 27.6 Å². The molecule has 2 bridgehead atoms. The van der Waals surface area contributed by atoms with E-state index in [-0.39, 0.29) is 24.3 Å². The lowest BCUT2D eigenvalue weighted by atomic mass is 9.93. The van der Waals surface area contributed by atoms with Crippen LogP contribution in [0, 0.1) is 0 Å². The smallest absolute Gasteiger partial charge is 0.252 e. The first-order valence-electron chi connectivity index (χ1n) is 12.3. The Balaban J connectivity index is 1.72. The van der Waals surface area contributed by atoms with Crippen LogP contribution in [0.25, 0.3) is 43.6 Å². The molecule has 7 nitrogen and oxygen atoms in total. The molecule has 4 atom stereocenters. The molecule has 7 heteroatoms. The van der Waals surface area contributed by atoms with Crippen molar-refractivity contribution in [1.29, 1.82) is 0 Å². The van der Waals surface area contributed by atoms with Crippen molar-refractivity contribution in [2.24, 2.45) is 0 Å². The van der Waals surface area contributed by atoms with Gasteiger partial charge in [-0.3, -0.25) is 4.79 Å². The highest BCUT2D eigenvalue weighted by Crippen LogP contribution is 2.53. The monoisotopic (exact) mass is 466 g/mol. The summed E-state index contributed by atoms with van der Waals surface area (Å²) in [6, 6.07) is 17.0. The number of amides is 1. The molecule has 3 aliphatic rings. The summed E-state index contributed by atoms with van der Waals surface area (Å²) in [6.07, 6.45) is 0.337. The van der Waals surface area contributed by atoms with Crippen molar-refractivity contribution >= 4 is 49.5 Å². The molecule has 5 heterocycles. The fraction of sp³-hybridized carbons (Fsp3) is 0.321. The number of hydrogen-bond acceptors (Lipinski definition) is 4. The minimum absolute atomic E-state index is 0.00357. The molecular weight excluding hydrogens is 440 g/mol. The van der Waals surface area contributed by atoms with E-state index < -0.39 is 5.72 Å². The van der Waals surface area contributed by atoms with Crippen molar-refractivity contribution in [3.05, 3.63) is 59.7 Å². The maximum absolute atomic E-state index is 13.3. The number of benzene rings is 3. The minimum atomic E-state index is -0.760. The van der Waals surface area contributed by atoms with E-state index in [2.05, 4.69) is 75.2 Å². The van der Waals surface area contributed by atoms with Crippen LogP contribution < -0.4 is 10.6 Å². The lowest BCUT2D eigenvalue weighted by Gasteiger charge is -2.48. The lowest BCUT2D eigenvalue weighted by molar-refractivity contribution is -0.256. The van der Waals surface area contributed by atoms with Crippen molar-refractivity contribution < 1.29 is 14.3 Å². The number of carbonyl (C=O) groups excluding carboxylic acids is 1. The Hall–Kier alpha value is -3.39. The topological polar surface area (TPSA) is 69.5 Å². The molecule has 5 aromatic rings. The standard InChI is InChI=1S/C28H26N4O3/c1-28-26(34-3)17(29-2)12-20(35-28)31-18-10-6-4-8-14(18)22-23-16(13-30-27(23)33)21-15-9-5-7-11-19(15)32(28)25(21)24(22)31/h4-11,17,20,26,29H,12-13H2,1-3H3,(H,30,33)/t17?,20-,26?,28-/m1/s1. The quantitative estimate of drug-likeness (QED) is 0.406. The van der Waals surface area contributed by atoms with Gasteiger partial charge in [-0.15, -0.1) is 0 Å². The number of hydrogen-bond donors (Lipinski definition) is 2. The molecule has 1 amide bonds. The van der Waals surface area contributed by atoms with Gasteiger partial charge in [0.25, 0.3) is 5.91 Å². The molecular formula is C28H26N4O3. The molecule has 0 saturated carbocycles. The molecule has 1 fully saturated rings. The summed E-state index contributed by atoms with van der Waals surface area (Å²) in [5.41, 5.74) is 5.51. The van der Waals surface area contributed by atoms with E-state index in [1.54, 1.807) is 7.11 Å². The summed E-state index contributed by atoms with van der Waals surface area (Å²) in [4.78, 5) is 13.3. The number of nitrogens with zero attached hydrogens (tertiary/aromatic N) is 2. The predicted octanol–water partition coefficient (Wildman–Crippen LogP) is 4.35. The normalized spacial score (nSPS) is 27.3. The molecule has 2 unspecified atom stereocenters. The van der Waals surface area contributed by atoms with Crippen molar-refractivity contribution in [3.8, 4) is 0 Å². The van der Waals surface area contributed by atoms with Gasteiger partial charge < -0.3 is 29.2 Å². The fourth-order valence-corrected chi connectivity index (χ4v) is 7.33. The minimum Gasteiger partial charge on any atom is -0.375 e. The first kappa shape index (κ1) is 19.9. The maximum Gasteiger partial charge on any atom is 0.252 e. The summed E-state index contributed by atoms with van der Waals surface area (Å²) < 4.78 is 18.0. The average Bonchev–Trinajstić information content (AvgIpc) is 3.51. The van der Waals surface area contributed by atoms with Gasteiger partial charge in [-0.1, -0.05) is 36.4 Å². The molecule has 3 aromatic carbocycles. The first-order chi connectivity index (χ1) is 17.1. The zero-order chi connectivity index (χ0) is 23.6. The van der Waals surface area contributed by atoms with Gasteiger partial charge in [-0.05, 0) is 31.7 Å². The Kier molecular flexibility index (Phi) is 3.65. The van der Waals surface area contributed by atoms with Crippen LogP contribution in [-0.2, 0) is 21.7 Å². The SMILES string of the molecule is CNC1C[C@H]2O[C@](C)(C1OC)n1c3ccccc3c3c4c(c5c6ccccc6n2c5c31)C(=O)NC4. The molecule has 8 rings (SSSR count). The Morgan fingerprint density at radius 2 is 1.77 bits per heavy atom. The van der Waals surface area contributed by atoms with Crippen LogP contribution >= 0.6 is 0 Å². The van der Waals surface area contributed by atoms with Gasteiger partial charge in [0.1, 0.15) is 12.3 Å². The summed E-state index contributed by atoms with van der Waals surface area (Å²) in [6.45, 7) is 2.68. The molecule has 1 saturated heterocycles. The number of nitrogens with one attached hydrogen (secondary N) is 2. The third-order valence-corrected chi connectivity index (χ3v) is 8.60. The van der Waals surface area contributed by atoms with Gasteiger partial charge in [0.15, 0.2) is 5.72 Å². The summed E-state index contributed by atoms with van der Waals surface area (Å²) in [7, 11) is 3.77. The van der Waals surface area contributed by atoms with E-state index in [0.717, 1.165) is 61.2 Å². The third-order valence-electron chi connectivity index (χ3n) is 8.60. The summed E-state index contributed by atoms with van der Waals surface area (Å²) in [5, 5.41) is 11.0. The number of methoxy groups -OCH3 is 1. The number of carbonyl (C=O) groups is 1. The Labute approximate surface area is 201 Å². The Bertz CT molecular complexity index is 1750. The van der Waals surface area contributed by atoms with Crippen LogP contribution in [0.4, 0.5) is 0 Å². The molecule has 2 aromatic heterocycles. The van der Waals surface area contributed by atoms with Crippen LogP contribution in [0.1, 0.15) is 35.5 Å². The molecule has 0 radical (unpaired) electrons. The van der Waals surface area contributed by atoms with Gasteiger partial charge in [0, 0.05) is 47.7 Å². The van der Waals surface area contributed by atoms with E-state index in [9.17, 15) is 4.79 Å². The van der Waals surface area contributed by atoms with Crippen molar-refractivity contribution in [3.63, 3.8) is 0 Å². The number of para-hydroxylation sites is 2. The van der Waals surface area contributed by atoms with Gasteiger partial charge in [-0.2, -0.15) is 0 Å². The molecule has 2 N–H and O–H groups in total. The number of aromatic nitrogens is 2. The van der Waals surface area contributed by atoms with Crippen LogP contribution in [-0.4, -0.2) is 41.3 Å². The molecule has 3 aliphatic heterocycles. The molecule has 0 spiro atoms. The van der Waals surface area contributed by atoms with E-state index >= 15 is 0 Å². The highest BCUT2D eigenvalue weighted by Gasteiger charge is 2.53. The highest BCUT2D eigenvalue weighted by molar-refractivity contribution is 6.31. The van der Waals surface area contributed by atoms with Gasteiger partial charge in [0.2, 0.25) is 0 Å². The fourth-order valence-electron chi connectivity index (χ4n) is 7.33. The number of fused-ring (bicyclic) bond motifs is 13. The van der Waals surface area contributed by atoms with Crippen LogP contribution in [0.3, 0.4) is 0 Å². The van der Waals surface area contributed by atoms with E-state index in [1.807, 2.05) is 7.05 Å². The van der Waals surface area contributed by atoms with E-state index in [0.29, 0.717) is 6.54 Å². The number of likely N-dealkylation sites (N-methyl/N-ethyl adjacent to an activating group) is 1. The van der Waals surface area contributed by atoms with Crippen molar-refractivity contribution in [2.45, 2.75) is 44.0 Å². The second kappa shape index (κ2) is 6.43. The third kappa shape index (κ3) is 2.12. The van der Waals surface area contributed by atoms with Crippen molar-refractivity contribution in [2.75, 3.05) is 14.2 Å². The zero-order valence-electron chi connectivity index (χ0n) is 19.9. The second-order valence-corrected chi connectivity index (χ2v) is 10.1. The number of ether oxygens (including phenoxy) is 2. The second-order valence-electron chi connectivity index (χ2n) is 10.1. The summed E-state index contributed by atoms with van der Waals surface area (Å²) in [5.74, 6) is 0.00357. The number of rotatable bonds is 2. The molecule has 35 heavy (non-hydrogen) atoms. The van der Waals surface area contributed by atoms with Gasteiger partial charge >= 0.3 is 0 Å². The molecule has 176 valence electrons. The maximum atomic E-state index is 13.3. The van der Waals surface area contributed by atoms with Crippen LogP contribution in [0.2, 0.25) is 0 Å². The predicted molar refractivity (Wildman–Crippen MR) is 136 cm³/mol. The van der Waals surface area contributed by atoms with Crippen LogP contribution in [0.5, 0.6) is 0 Å².